The fourth-order valence-electron chi connectivity index (χ4n) is 1.14. The summed E-state index contributed by atoms with van der Waals surface area (Å²) in [6.07, 6.45) is 5.14. The number of aromatic nitrogens is 2. The zero-order chi connectivity index (χ0) is 8.55. The average molecular weight is 160 g/mol. The van der Waals surface area contributed by atoms with Crippen molar-refractivity contribution in [3.63, 3.8) is 0 Å². The number of allylic oxidation sites excluding steroid dienone is 2. The lowest BCUT2D eigenvalue weighted by molar-refractivity contribution is 1.16. The van der Waals surface area contributed by atoms with Crippen LogP contribution in [0.25, 0.3) is 5.57 Å². The summed E-state index contributed by atoms with van der Waals surface area (Å²) < 4.78 is 0. The van der Waals surface area contributed by atoms with Gasteiger partial charge in [0.15, 0.2) is 5.82 Å². The third kappa shape index (κ3) is 0.812. The van der Waals surface area contributed by atoms with Crippen molar-refractivity contribution in [2.24, 2.45) is 4.99 Å². The Bertz CT molecular complexity index is 379. The highest BCUT2D eigenvalue weighted by Crippen LogP contribution is 2.32. The lowest BCUT2D eigenvalue weighted by atomic mass is 10.2. The third-order valence-corrected chi connectivity index (χ3v) is 1.77. The molecule has 0 spiro atoms. The van der Waals surface area contributed by atoms with Crippen LogP contribution in [0.2, 0.25) is 0 Å². The molecule has 12 heavy (non-hydrogen) atoms. The van der Waals surface area contributed by atoms with Gasteiger partial charge in [-0.2, -0.15) is 0 Å². The molecule has 4 heteroatoms. The normalized spacial score (nSPS) is 16.9. The molecule has 0 fully saturated rings. The number of nitrogen functional groups attached to an aromatic ring is 1. The Balaban J connectivity index is 2.68. The minimum atomic E-state index is 0.438. The summed E-state index contributed by atoms with van der Waals surface area (Å²) >= 11 is 0. The van der Waals surface area contributed by atoms with Crippen LogP contribution < -0.4 is 5.73 Å². The van der Waals surface area contributed by atoms with Crippen molar-refractivity contribution in [2.45, 2.75) is 6.92 Å². The van der Waals surface area contributed by atoms with Crippen molar-refractivity contribution in [3.05, 3.63) is 18.1 Å². The predicted molar refractivity (Wildman–Crippen MR) is 48.2 cm³/mol. The SMILES string of the molecule is C/C=C1\C=Nc2c(N)ncnc21. The second kappa shape index (κ2) is 2.41. The second-order valence-corrected chi connectivity index (χ2v) is 2.46. The molecule has 1 aliphatic heterocycles. The highest BCUT2D eigenvalue weighted by Gasteiger charge is 2.15. The molecule has 4 nitrogen and oxygen atoms in total. The summed E-state index contributed by atoms with van der Waals surface area (Å²) in [7, 11) is 0. The van der Waals surface area contributed by atoms with E-state index in [0.717, 1.165) is 11.3 Å². The van der Waals surface area contributed by atoms with E-state index in [4.69, 9.17) is 5.73 Å². The van der Waals surface area contributed by atoms with Crippen LogP contribution in [-0.4, -0.2) is 16.2 Å². The van der Waals surface area contributed by atoms with E-state index < -0.39 is 0 Å². The van der Waals surface area contributed by atoms with Crippen LogP contribution in [0.1, 0.15) is 12.6 Å². The smallest absolute Gasteiger partial charge is 0.153 e. The first-order valence-electron chi connectivity index (χ1n) is 3.64. The van der Waals surface area contributed by atoms with Crippen molar-refractivity contribution in [2.75, 3.05) is 5.73 Å². The zero-order valence-electron chi connectivity index (χ0n) is 6.65. The van der Waals surface area contributed by atoms with Gasteiger partial charge < -0.3 is 5.73 Å². The molecule has 0 radical (unpaired) electrons. The van der Waals surface area contributed by atoms with Gasteiger partial charge in [0.2, 0.25) is 0 Å². The first-order valence-corrected chi connectivity index (χ1v) is 3.64. The van der Waals surface area contributed by atoms with E-state index >= 15 is 0 Å². The van der Waals surface area contributed by atoms with Crippen molar-refractivity contribution in [3.8, 4) is 0 Å². The van der Waals surface area contributed by atoms with Crippen LogP contribution in [0, 0.1) is 0 Å². The molecule has 2 heterocycles. The molecule has 0 saturated heterocycles. The molecule has 0 aromatic carbocycles. The maximum atomic E-state index is 5.60. The number of hydrogen-bond donors (Lipinski definition) is 1. The zero-order valence-corrected chi connectivity index (χ0v) is 6.65. The molecule has 1 aromatic rings. The minimum absolute atomic E-state index is 0.438. The van der Waals surface area contributed by atoms with Crippen LogP contribution in [0.3, 0.4) is 0 Å². The molecular weight excluding hydrogens is 152 g/mol. The number of nitrogens with zero attached hydrogens (tertiary/aromatic N) is 3. The monoisotopic (exact) mass is 160 g/mol. The molecular formula is C8H8N4. The largest absolute Gasteiger partial charge is 0.382 e. The number of aliphatic imine (C=N–C) groups is 1. The van der Waals surface area contributed by atoms with Crippen LogP contribution in [0.15, 0.2) is 17.4 Å². The van der Waals surface area contributed by atoms with Gasteiger partial charge in [0.05, 0.1) is 0 Å². The van der Waals surface area contributed by atoms with E-state index in [-0.39, 0.29) is 0 Å². The highest BCUT2D eigenvalue weighted by atomic mass is 15.0. The summed E-state index contributed by atoms with van der Waals surface area (Å²) in [6, 6.07) is 0. The van der Waals surface area contributed by atoms with E-state index in [2.05, 4.69) is 15.0 Å². The standard InChI is InChI=1S/C8H8N4/c1-2-5-3-10-7-6(5)11-4-12-8(7)9/h2-4H,1H3,(H2,9,11,12)/b5-2+. The second-order valence-electron chi connectivity index (χ2n) is 2.46. The lowest BCUT2D eigenvalue weighted by Crippen LogP contribution is -1.93. The van der Waals surface area contributed by atoms with Crippen molar-refractivity contribution in [1.29, 1.82) is 0 Å². The maximum absolute atomic E-state index is 5.60. The topological polar surface area (TPSA) is 64.2 Å². The molecule has 0 bridgehead atoms. The Morgan fingerprint density at radius 2 is 2.25 bits per heavy atom. The summed E-state index contributed by atoms with van der Waals surface area (Å²) in [5.41, 5.74) is 8.11. The summed E-state index contributed by atoms with van der Waals surface area (Å²) in [5.74, 6) is 0.438. The van der Waals surface area contributed by atoms with Crippen molar-refractivity contribution < 1.29 is 0 Å². The van der Waals surface area contributed by atoms with E-state index in [9.17, 15) is 0 Å². The Hall–Kier alpha value is -1.71. The van der Waals surface area contributed by atoms with E-state index in [0.29, 0.717) is 11.5 Å². The Labute approximate surface area is 69.9 Å². The molecule has 60 valence electrons. The van der Waals surface area contributed by atoms with Gasteiger partial charge in [0.25, 0.3) is 0 Å². The fourth-order valence-corrected chi connectivity index (χ4v) is 1.14. The van der Waals surface area contributed by atoms with Gasteiger partial charge in [0.1, 0.15) is 17.7 Å². The number of rotatable bonds is 0. The first kappa shape index (κ1) is 6.97. The first-order chi connectivity index (χ1) is 5.83. The summed E-state index contributed by atoms with van der Waals surface area (Å²) in [6.45, 7) is 1.94. The van der Waals surface area contributed by atoms with Gasteiger partial charge in [-0.05, 0) is 6.92 Å². The number of hydrogen-bond acceptors (Lipinski definition) is 4. The molecule has 1 aliphatic rings. The molecule has 0 aliphatic carbocycles. The van der Waals surface area contributed by atoms with Crippen molar-refractivity contribution in [1.82, 2.24) is 9.97 Å². The van der Waals surface area contributed by atoms with Gasteiger partial charge >= 0.3 is 0 Å². The molecule has 0 unspecified atom stereocenters. The Morgan fingerprint density at radius 3 is 3.00 bits per heavy atom. The number of anilines is 1. The van der Waals surface area contributed by atoms with Gasteiger partial charge in [-0.25, -0.2) is 15.0 Å². The van der Waals surface area contributed by atoms with E-state index in [1.54, 1.807) is 6.21 Å². The fraction of sp³-hybridized carbons (Fsp3) is 0.125. The third-order valence-electron chi connectivity index (χ3n) is 1.77. The van der Waals surface area contributed by atoms with Gasteiger partial charge in [-0.3, -0.25) is 0 Å². The quantitative estimate of drug-likeness (QED) is 0.619. The van der Waals surface area contributed by atoms with Gasteiger partial charge in [-0.15, -0.1) is 0 Å². The predicted octanol–water partition coefficient (Wildman–Crippen LogP) is 1.18. The average Bonchev–Trinajstić information content (AvgIpc) is 2.49. The molecule has 0 amide bonds. The van der Waals surface area contributed by atoms with E-state index in [1.807, 2.05) is 13.0 Å². The lowest BCUT2D eigenvalue weighted by Gasteiger charge is -1.98. The Morgan fingerprint density at radius 1 is 1.42 bits per heavy atom. The highest BCUT2D eigenvalue weighted by molar-refractivity contribution is 6.16. The van der Waals surface area contributed by atoms with Gasteiger partial charge in [-0.1, -0.05) is 6.08 Å². The molecule has 2 N–H and O–H groups in total. The van der Waals surface area contributed by atoms with Crippen LogP contribution >= 0.6 is 0 Å². The number of nitrogens with two attached hydrogens (primary N) is 1. The molecule has 0 atom stereocenters. The Kier molecular flexibility index (Phi) is 1.40. The maximum Gasteiger partial charge on any atom is 0.153 e. The van der Waals surface area contributed by atoms with Crippen LogP contribution in [0.4, 0.5) is 11.5 Å². The summed E-state index contributed by atoms with van der Waals surface area (Å²) in [4.78, 5) is 12.0. The van der Waals surface area contributed by atoms with Crippen molar-refractivity contribution >= 4 is 23.3 Å². The minimum Gasteiger partial charge on any atom is -0.382 e. The number of fused-ring (bicyclic) bond motifs is 1. The van der Waals surface area contributed by atoms with Crippen LogP contribution in [-0.2, 0) is 0 Å². The molecule has 0 saturated carbocycles. The molecule has 2 rings (SSSR count). The summed E-state index contributed by atoms with van der Waals surface area (Å²) in [5, 5.41) is 0. The molecule has 1 aromatic heterocycles. The van der Waals surface area contributed by atoms with E-state index in [1.165, 1.54) is 6.33 Å². The van der Waals surface area contributed by atoms with Gasteiger partial charge in [0, 0.05) is 11.8 Å². The van der Waals surface area contributed by atoms with Crippen LogP contribution in [0.5, 0.6) is 0 Å².